The lowest BCUT2D eigenvalue weighted by Crippen LogP contribution is -2.40. The predicted octanol–water partition coefficient (Wildman–Crippen LogP) is 19.0. The van der Waals surface area contributed by atoms with Crippen molar-refractivity contribution in [3.63, 3.8) is 0 Å². The molecule has 0 amide bonds. The van der Waals surface area contributed by atoms with Crippen LogP contribution in [0.3, 0.4) is 0 Å². The first-order chi connectivity index (χ1) is 38.8. The topological polar surface area (TPSA) is 0 Å². The monoisotopic (exact) mass is 1010 g/mol. The molecule has 382 valence electrons. The van der Waals surface area contributed by atoms with Crippen LogP contribution in [0.4, 0.5) is 0 Å². The number of benzene rings is 5. The number of rotatable bonds is 2. The minimum atomic E-state index is -0.250. The van der Waals surface area contributed by atoms with Crippen molar-refractivity contribution in [1.29, 1.82) is 0 Å². The van der Waals surface area contributed by atoms with Crippen molar-refractivity contribution < 1.29 is 0 Å². The van der Waals surface area contributed by atoms with Crippen molar-refractivity contribution in [1.82, 2.24) is 0 Å². The molecule has 0 N–H and O–H groups in total. The lowest BCUT2D eigenvalue weighted by Gasteiger charge is -2.43. The SMILES string of the molecule is CC1=CCC2C(=C1)c1cc(C)ccc1C21C2=C(CCC=C2)C2=CC=C(C3=CC4=C(CC3)C3=CC=CCC3C43c4cc(C5=CC=C6c7ccccc7C7(c8ccc(C)cc8-c8cc(C)ccc87)C6C5)ccc4C4=CC=CCC43)CC21. The maximum Gasteiger partial charge on any atom is 0.0541 e. The van der Waals surface area contributed by atoms with Gasteiger partial charge in [0, 0.05) is 40.4 Å². The molecule has 5 aromatic rings. The van der Waals surface area contributed by atoms with E-state index in [0.717, 1.165) is 57.8 Å². The number of hydrogen-bond donors (Lipinski definition) is 0. The second-order valence-corrected chi connectivity index (χ2v) is 26.0. The Morgan fingerprint density at radius 2 is 1.03 bits per heavy atom. The summed E-state index contributed by atoms with van der Waals surface area (Å²) in [4.78, 5) is 0. The zero-order valence-corrected chi connectivity index (χ0v) is 46.1. The third-order valence-electron chi connectivity index (χ3n) is 22.7. The van der Waals surface area contributed by atoms with Crippen LogP contribution >= 0.6 is 0 Å². The quantitative estimate of drug-likeness (QED) is 0.165. The maximum absolute atomic E-state index is 2.83. The summed E-state index contributed by atoms with van der Waals surface area (Å²) in [5.74, 6) is 1.96. The molecule has 0 aromatic heterocycles. The molecule has 0 aliphatic heterocycles. The Morgan fingerprint density at radius 1 is 0.405 bits per heavy atom. The van der Waals surface area contributed by atoms with Gasteiger partial charge >= 0.3 is 0 Å². The molecular weight excluding hydrogens is 949 g/mol. The van der Waals surface area contributed by atoms with E-state index in [1.54, 1.807) is 66.9 Å². The molecule has 7 unspecified atom stereocenters. The van der Waals surface area contributed by atoms with Crippen LogP contribution < -0.4 is 0 Å². The highest BCUT2D eigenvalue weighted by Crippen LogP contribution is 2.72. The van der Waals surface area contributed by atoms with E-state index in [0.29, 0.717) is 23.7 Å². The summed E-state index contributed by atoms with van der Waals surface area (Å²) in [6.45, 7) is 9.13. The molecule has 7 atom stereocenters. The third kappa shape index (κ3) is 5.53. The van der Waals surface area contributed by atoms with E-state index >= 15 is 0 Å². The molecule has 0 heterocycles. The van der Waals surface area contributed by atoms with Crippen LogP contribution in [0.15, 0.2) is 238 Å². The maximum atomic E-state index is 2.83. The van der Waals surface area contributed by atoms with Gasteiger partial charge in [-0.2, -0.15) is 0 Å². The molecule has 0 radical (unpaired) electrons. The highest BCUT2D eigenvalue weighted by Gasteiger charge is 2.64. The fraction of sp³-hybridized carbons (Fsp3) is 0.266. The Kier molecular flexibility index (Phi) is 9.09. The van der Waals surface area contributed by atoms with E-state index in [1.807, 2.05) is 0 Å². The van der Waals surface area contributed by atoms with Gasteiger partial charge in [-0.25, -0.2) is 0 Å². The molecule has 0 saturated heterocycles. The molecule has 0 heteroatoms. The summed E-state index contributed by atoms with van der Waals surface area (Å²) in [5.41, 5.74) is 40.4. The average Bonchev–Trinajstić information content (AvgIpc) is 3.99. The summed E-state index contributed by atoms with van der Waals surface area (Å²) in [5, 5.41) is 0. The van der Waals surface area contributed by atoms with Crippen molar-refractivity contribution in [2.45, 2.75) is 102 Å². The van der Waals surface area contributed by atoms with Gasteiger partial charge in [0.1, 0.15) is 0 Å². The fourth-order valence-corrected chi connectivity index (χ4v) is 19.9. The van der Waals surface area contributed by atoms with Gasteiger partial charge in [-0.1, -0.05) is 204 Å². The normalized spacial score (nSPS) is 29.6. The average molecular weight is 1020 g/mol. The van der Waals surface area contributed by atoms with Crippen LogP contribution in [0.5, 0.6) is 0 Å². The number of fused-ring (bicyclic) bond motifs is 28. The fourth-order valence-electron chi connectivity index (χ4n) is 19.9. The first-order valence-corrected chi connectivity index (χ1v) is 30.2. The molecule has 79 heavy (non-hydrogen) atoms. The van der Waals surface area contributed by atoms with Crippen molar-refractivity contribution in [3.05, 3.63) is 305 Å². The van der Waals surface area contributed by atoms with Crippen LogP contribution in [0.2, 0.25) is 0 Å². The summed E-state index contributed by atoms with van der Waals surface area (Å²) in [6.07, 6.45) is 48.0. The summed E-state index contributed by atoms with van der Waals surface area (Å²) in [7, 11) is 0. The molecule has 5 aromatic carbocycles. The van der Waals surface area contributed by atoms with Crippen molar-refractivity contribution in [2.24, 2.45) is 29.6 Å². The zero-order valence-electron chi connectivity index (χ0n) is 46.1. The molecule has 0 saturated carbocycles. The standard InChI is InChI=1S/C79H66/c1-45-21-33-69-61(37-45)62-38-46(2)22-34-70(62)77(69)65-17-9-5-13-53(65)57-29-25-49(41-73(57)77)51-27-31-59-55-15-7-11-19-67(55)79(75(59)43-51)68-20-12-8-16-56(68)60-32-28-52(44-76(60)79)50-26-30-58-54-14-6-10-18-66(54)78(74(58)42-50)71-35-23-47(3)39-63(71)64-40-48(4)24-36-72(64)78/h5,7-13,15-18,21-27,29-31,33-35,37-40,43-44,67-68,72-74H,6,14,19-20,28,32,36,41-42H2,1-4H3. The number of hydrogen-bond acceptors (Lipinski definition) is 0. The Bertz CT molecular complexity index is 4170. The second-order valence-electron chi connectivity index (χ2n) is 26.0. The van der Waals surface area contributed by atoms with Gasteiger partial charge in [-0.15, -0.1) is 0 Å². The van der Waals surface area contributed by atoms with E-state index in [-0.39, 0.29) is 22.2 Å². The first-order valence-electron chi connectivity index (χ1n) is 30.2. The largest absolute Gasteiger partial charge is 0.0839 e. The van der Waals surface area contributed by atoms with Crippen LogP contribution in [-0.4, -0.2) is 0 Å². The lowest BCUT2D eigenvalue weighted by molar-refractivity contribution is 0.313. The summed E-state index contributed by atoms with van der Waals surface area (Å²) >= 11 is 0. The smallest absolute Gasteiger partial charge is 0.0541 e. The molecule has 13 aliphatic carbocycles. The Labute approximate surface area is 467 Å². The van der Waals surface area contributed by atoms with Gasteiger partial charge < -0.3 is 0 Å². The van der Waals surface area contributed by atoms with E-state index in [1.165, 1.54) is 83.5 Å². The molecule has 18 rings (SSSR count). The van der Waals surface area contributed by atoms with Crippen molar-refractivity contribution in [3.8, 4) is 11.1 Å². The minimum Gasteiger partial charge on any atom is -0.0839 e. The first kappa shape index (κ1) is 45.3. The third-order valence-corrected chi connectivity index (χ3v) is 22.7. The Balaban J connectivity index is 0.777. The molecule has 0 bridgehead atoms. The molecule has 0 nitrogen and oxygen atoms in total. The lowest BCUT2D eigenvalue weighted by atomic mass is 9.58. The molecule has 0 fully saturated rings. The molecular formula is C79H66. The molecule has 13 aliphatic rings. The zero-order chi connectivity index (χ0) is 52.3. The van der Waals surface area contributed by atoms with Crippen LogP contribution in [0.1, 0.15) is 131 Å². The Morgan fingerprint density at radius 3 is 1.84 bits per heavy atom. The van der Waals surface area contributed by atoms with Gasteiger partial charge in [0.05, 0.1) is 5.41 Å². The van der Waals surface area contributed by atoms with E-state index < -0.39 is 0 Å². The van der Waals surface area contributed by atoms with Crippen LogP contribution in [-0.2, 0) is 16.2 Å². The predicted molar refractivity (Wildman–Crippen MR) is 327 cm³/mol. The second kappa shape index (κ2) is 15.8. The number of allylic oxidation sites excluding steroid dienone is 28. The van der Waals surface area contributed by atoms with Crippen LogP contribution in [0.25, 0.3) is 33.4 Å². The van der Waals surface area contributed by atoms with Crippen LogP contribution in [0, 0.1) is 50.4 Å². The highest BCUT2D eigenvalue weighted by atomic mass is 14.7. The highest BCUT2D eigenvalue weighted by molar-refractivity contribution is 5.96. The minimum absolute atomic E-state index is 0.0501. The van der Waals surface area contributed by atoms with E-state index in [4.69, 9.17) is 0 Å². The van der Waals surface area contributed by atoms with Crippen molar-refractivity contribution >= 4 is 22.3 Å². The molecule has 3 spiro atoms. The number of aryl methyl sites for hydroxylation is 3. The summed E-state index contributed by atoms with van der Waals surface area (Å²) < 4.78 is 0. The van der Waals surface area contributed by atoms with Gasteiger partial charge in [0.25, 0.3) is 0 Å². The summed E-state index contributed by atoms with van der Waals surface area (Å²) in [6, 6.07) is 39.4. The Hall–Kier alpha value is -7.54. The van der Waals surface area contributed by atoms with Crippen molar-refractivity contribution in [2.75, 3.05) is 0 Å². The van der Waals surface area contributed by atoms with Gasteiger partial charge in [-0.05, 0) is 220 Å². The van der Waals surface area contributed by atoms with Gasteiger partial charge in [0.2, 0.25) is 0 Å². The van der Waals surface area contributed by atoms with Gasteiger partial charge in [0.15, 0.2) is 0 Å². The van der Waals surface area contributed by atoms with E-state index in [2.05, 4.69) is 216 Å². The van der Waals surface area contributed by atoms with Gasteiger partial charge in [-0.3, -0.25) is 0 Å². The van der Waals surface area contributed by atoms with E-state index in [9.17, 15) is 0 Å².